The largest absolute Gasteiger partial charge is 0.354 e. The second-order valence-electron chi connectivity index (χ2n) is 7.05. The van der Waals surface area contributed by atoms with Crippen LogP contribution in [0.25, 0.3) is 16.7 Å². The lowest BCUT2D eigenvalue weighted by Gasteiger charge is -2.37. The summed E-state index contributed by atoms with van der Waals surface area (Å²) in [6, 6.07) is 7.64. The van der Waals surface area contributed by atoms with Crippen molar-refractivity contribution in [1.29, 1.82) is 5.26 Å². The van der Waals surface area contributed by atoms with Gasteiger partial charge < -0.3 is 9.88 Å². The maximum Gasteiger partial charge on any atom is 0.163 e. The maximum absolute atomic E-state index is 8.93. The summed E-state index contributed by atoms with van der Waals surface area (Å²) in [6.07, 6.45) is 6.70. The molecular weight excluding hydrogens is 340 g/mol. The minimum absolute atomic E-state index is 0.263. The molecule has 0 radical (unpaired) electrons. The van der Waals surface area contributed by atoms with E-state index in [0.29, 0.717) is 11.6 Å². The highest BCUT2D eigenvalue weighted by molar-refractivity contribution is 5.75. The molecule has 27 heavy (non-hydrogen) atoms. The molecule has 8 nitrogen and oxygen atoms in total. The summed E-state index contributed by atoms with van der Waals surface area (Å²) >= 11 is 0. The lowest BCUT2D eigenvalue weighted by atomic mass is 9.86. The molecule has 1 saturated heterocycles. The molecule has 4 aromatic heterocycles. The van der Waals surface area contributed by atoms with Crippen LogP contribution in [0.1, 0.15) is 30.8 Å². The smallest absolute Gasteiger partial charge is 0.163 e. The fourth-order valence-corrected chi connectivity index (χ4v) is 3.93. The highest BCUT2D eigenvalue weighted by Crippen LogP contribution is 2.34. The molecule has 2 unspecified atom stereocenters. The summed E-state index contributed by atoms with van der Waals surface area (Å²) in [5, 5.41) is 17.1. The van der Waals surface area contributed by atoms with Gasteiger partial charge in [-0.05, 0) is 30.5 Å². The predicted octanol–water partition coefficient (Wildman–Crippen LogP) is 2.50. The van der Waals surface area contributed by atoms with E-state index in [1.807, 2.05) is 36.8 Å². The van der Waals surface area contributed by atoms with Gasteiger partial charge in [0.25, 0.3) is 0 Å². The molecule has 0 amide bonds. The number of hydrogen-bond acceptors (Lipinski definition) is 6. The Kier molecular flexibility index (Phi) is 3.53. The Balaban J connectivity index is 1.54. The number of anilines is 1. The van der Waals surface area contributed by atoms with Crippen molar-refractivity contribution in [3.8, 4) is 6.07 Å². The SMILES string of the molecule is CC1CCN(c2ccc(C#N)nn2)CC1c1ncc2cnc3[nH]ccc3n12. The fourth-order valence-electron chi connectivity index (χ4n) is 3.93. The molecule has 0 spiro atoms. The van der Waals surface area contributed by atoms with Crippen LogP contribution in [-0.4, -0.2) is 42.6 Å². The summed E-state index contributed by atoms with van der Waals surface area (Å²) in [4.78, 5) is 14.6. The zero-order chi connectivity index (χ0) is 18.4. The zero-order valence-corrected chi connectivity index (χ0v) is 14.9. The standard InChI is InChI=1S/C19H18N8/c1-12-5-7-26(17-3-2-13(8-20)24-25-17)11-15(12)19-23-10-14-9-22-18-16(27(14)19)4-6-21-18/h2-4,6,9-10,12,15,21H,5,7,11H2,1H3. The van der Waals surface area contributed by atoms with E-state index in [9.17, 15) is 0 Å². The van der Waals surface area contributed by atoms with Gasteiger partial charge in [0, 0.05) is 25.2 Å². The molecule has 0 saturated carbocycles. The van der Waals surface area contributed by atoms with Gasteiger partial charge in [0.1, 0.15) is 11.9 Å². The van der Waals surface area contributed by atoms with Crippen LogP contribution in [0.5, 0.6) is 0 Å². The molecule has 134 valence electrons. The highest BCUT2D eigenvalue weighted by atomic mass is 15.3. The lowest BCUT2D eigenvalue weighted by molar-refractivity contribution is 0.365. The molecule has 4 aromatic rings. The van der Waals surface area contributed by atoms with Gasteiger partial charge in [-0.1, -0.05) is 6.92 Å². The van der Waals surface area contributed by atoms with Crippen molar-refractivity contribution < 1.29 is 0 Å². The Hall–Kier alpha value is -3.47. The van der Waals surface area contributed by atoms with Crippen molar-refractivity contribution in [1.82, 2.24) is 29.5 Å². The van der Waals surface area contributed by atoms with E-state index in [0.717, 1.165) is 47.8 Å². The van der Waals surface area contributed by atoms with Crippen molar-refractivity contribution in [3.63, 3.8) is 0 Å². The number of fused-ring (bicyclic) bond motifs is 3. The number of piperidine rings is 1. The summed E-state index contributed by atoms with van der Waals surface area (Å²) < 4.78 is 2.20. The Morgan fingerprint density at radius 2 is 2.07 bits per heavy atom. The van der Waals surface area contributed by atoms with Crippen LogP contribution in [0.15, 0.2) is 36.8 Å². The molecule has 8 heteroatoms. The number of nitriles is 1. The molecule has 2 atom stereocenters. The molecular formula is C19H18N8. The first-order valence-corrected chi connectivity index (χ1v) is 9.03. The second-order valence-corrected chi connectivity index (χ2v) is 7.05. The van der Waals surface area contributed by atoms with Crippen molar-refractivity contribution in [2.24, 2.45) is 5.92 Å². The molecule has 1 aliphatic rings. The summed E-state index contributed by atoms with van der Waals surface area (Å²) in [5.74, 6) is 2.62. The third-order valence-corrected chi connectivity index (χ3v) is 5.47. The van der Waals surface area contributed by atoms with Crippen LogP contribution < -0.4 is 4.90 Å². The molecule has 0 aromatic carbocycles. The highest BCUT2D eigenvalue weighted by Gasteiger charge is 2.31. The Morgan fingerprint density at radius 1 is 1.19 bits per heavy atom. The van der Waals surface area contributed by atoms with Crippen molar-refractivity contribution in [3.05, 3.63) is 48.3 Å². The summed E-state index contributed by atoms with van der Waals surface area (Å²) in [6.45, 7) is 4.01. The average Bonchev–Trinajstić information content (AvgIpc) is 3.35. The van der Waals surface area contributed by atoms with Gasteiger partial charge in [-0.2, -0.15) is 5.26 Å². The van der Waals surface area contributed by atoms with Gasteiger partial charge in [0.2, 0.25) is 0 Å². The van der Waals surface area contributed by atoms with Crippen LogP contribution in [0.2, 0.25) is 0 Å². The number of H-pyrrole nitrogens is 1. The van der Waals surface area contributed by atoms with Gasteiger partial charge in [0.15, 0.2) is 17.2 Å². The Labute approximate surface area is 155 Å². The van der Waals surface area contributed by atoms with E-state index >= 15 is 0 Å². The molecule has 5 heterocycles. The van der Waals surface area contributed by atoms with E-state index in [1.165, 1.54) is 0 Å². The first-order valence-electron chi connectivity index (χ1n) is 9.03. The van der Waals surface area contributed by atoms with Crippen LogP contribution in [0, 0.1) is 17.2 Å². The zero-order valence-electron chi connectivity index (χ0n) is 14.9. The van der Waals surface area contributed by atoms with E-state index in [1.54, 1.807) is 6.07 Å². The minimum atomic E-state index is 0.263. The van der Waals surface area contributed by atoms with E-state index in [-0.39, 0.29) is 5.92 Å². The third kappa shape index (κ3) is 2.51. The first-order chi connectivity index (χ1) is 13.2. The molecule has 0 aliphatic carbocycles. The number of hydrogen-bond donors (Lipinski definition) is 1. The number of rotatable bonds is 2. The number of nitrogens with one attached hydrogen (secondary N) is 1. The molecule has 1 N–H and O–H groups in total. The van der Waals surface area contributed by atoms with Gasteiger partial charge in [-0.25, -0.2) is 9.97 Å². The topological polar surface area (TPSA) is 98.8 Å². The van der Waals surface area contributed by atoms with Gasteiger partial charge in [-0.3, -0.25) is 4.40 Å². The van der Waals surface area contributed by atoms with Crippen LogP contribution in [0.3, 0.4) is 0 Å². The van der Waals surface area contributed by atoms with Gasteiger partial charge in [-0.15, -0.1) is 10.2 Å². The van der Waals surface area contributed by atoms with E-state index in [4.69, 9.17) is 10.2 Å². The summed E-state index contributed by atoms with van der Waals surface area (Å²) in [5.41, 5.74) is 3.24. The minimum Gasteiger partial charge on any atom is -0.354 e. The van der Waals surface area contributed by atoms with Crippen LogP contribution >= 0.6 is 0 Å². The summed E-state index contributed by atoms with van der Waals surface area (Å²) in [7, 11) is 0. The predicted molar refractivity (Wildman–Crippen MR) is 100 cm³/mol. The number of aromatic amines is 1. The molecule has 0 bridgehead atoms. The molecule has 1 fully saturated rings. The Morgan fingerprint density at radius 3 is 2.89 bits per heavy atom. The maximum atomic E-state index is 8.93. The van der Waals surface area contributed by atoms with Crippen molar-refractivity contribution in [2.45, 2.75) is 19.3 Å². The van der Waals surface area contributed by atoms with Crippen LogP contribution in [0.4, 0.5) is 5.82 Å². The average molecular weight is 358 g/mol. The third-order valence-electron chi connectivity index (χ3n) is 5.47. The van der Waals surface area contributed by atoms with Crippen molar-refractivity contribution in [2.75, 3.05) is 18.0 Å². The number of aromatic nitrogens is 6. The molecule has 5 rings (SSSR count). The quantitative estimate of drug-likeness (QED) is 0.591. The van der Waals surface area contributed by atoms with Crippen molar-refractivity contribution >= 4 is 22.5 Å². The first kappa shape index (κ1) is 15.8. The molecule has 1 aliphatic heterocycles. The number of imidazole rings is 1. The monoisotopic (exact) mass is 358 g/mol. The lowest BCUT2D eigenvalue weighted by Crippen LogP contribution is -2.39. The van der Waals surface area contributed by atoms with Gasteiger partial charge in [0.05, 0.1) is 23.4 Å². The van der Waals surface area contributed by atoms with E-state index < -0.39 is 0 Å². The van der Waals surface area contributed by atoms with Gasteiger partial charge >= 0.3 is 0 Å². The van der Waals surface area contributed by atoms with Crippen LogP contribution in [-0.2, 0) is 0 Å². The Bertz CT molecular complexity index is 1150. The van der Waals surface area contributed by atoms with E-state index in [2.05, 4.69) is 36.4 Å². The fraction of sp³-hybridized carbons (Fsp3) is 0.316. The normalized spacial score (nSPS) is 20.2. The number of nitrogens with zero attached hydrogens (tertiary/aromatic N) is 7. The second kappa shape index (κ2) is 6.06.